The maximum absolute atomic E-state index is 13.8. The third-order valence-corrected chi connectivity index (χ3v) is 3.61. The molecule has 0 saturated heterocycles. The summed E-state index contributed by atoms with van der Waals surface area (Å²) in [7, 11) is 2.46. The fraction of sp³-hybridized carbons (Fsp3) is 0.167. The first-order valence-corrected chi connectivity index (χ1v) is 7.90. The highest BCUT2D eigenvalue weighted by Crippen LogP contribution is 2.19. The van der Waals surface area contributed by atoms with Gasteiger partial charge in [-0.25, -0.2) is 14.0 Å². The third-order valence-electron chi connectivity index (χ3n) is 3.40. The molecule has 0 aromatic heterocycles. The number of carbonyl (C=O) groups excluding carboxylic acids is 2. The number of carbonyl (C=O) groups is 2. The number of hydrogen-bond donors (Lipinski definition) is 2. The second kappa shape index (κ2) is 8.39. The van der Waals surface area contributed by atoms with Crippen molar-refractivity contribution in [3.05, 3.63) is 58.9 Å². The molecule has 8 heteroatoms. The van der Waals surface area contributed by atoms with Gasteiger partial charge in [0.1, 0.15) is 5.82 Å². The molecule has 0 heterocycles. The number of anilines is 2. The fourth-order valence-corrected chi connectivity index (χ4v) is 2.42. The zero-order valence-electron chi connectivity index (χ0n) is 14.4. The van der Waals surface area contributed by atoms with Gasteiger partial charge >= 0.3 is 11.9 Å². The van der Waals surface area contributed by atoms with Crippen molar-refractivity contribution in [2.75, 3.05) is 24.9 Å². The van der Waals surface area contributed by atoms with E-state index in [1.165, 1.54) is 38.5 Å². The molecule has 0 amide bonds. The lowest BCUT2D eigenvalue weighted by atomic mass is 10.1. The molecule has 0 radical (unpaired) electrons. The second-order valence-corrected chi connectivity index (χ2v) is 5.75. The van der Waals surface area contributed by atoms with E-state index in [0.717, 1.165) is 5.56 Å². The average molecular weight is 376 g/mol. The summed E-state index contributed by atoms with van der Waals surface area (Å²) in [6.07, 6.45) is 0. The Morgan fingerprint density at radius 1 is 0.962 bits per heavy atom. The minimum absolute atomic E-state index is 0.0901. The lowest BCUT2D eigenvalue weighted by Crippen LogP contribution is -2.20. The summed E-state index contributed by atoms with van der Waals surface area (Å²) in [5, 5.41) is 5.64. The molecule has 0 aliphatic heterocycles. The highest BCUT2D eigenvalue weighted by molar-refractivity contribution is 7.80. The zero-order chi connectivity index (χ0) is 19.3. The molecule has 6 nitrogen and oxygen atoms in total. The van der Waals surface area contributed by atoms with Gasteiger partial charge in [0, 0.05) is 5.69 Å². The number of thiocarbonyl (C=S) groups is 1. The van der Waals surface area contributed by atoms with Crippen molar-refractivity contribution >= 4 is 40.6 Å². The molecule has 0 atom stereocenters. The highest BCUT2D eigenvalue weighted by Gasteiger charge is 2.14. The number of benzene rings is 2. The van der Waals surface area contributed by atoms with E-state index in [1.54, 1.807) is 12.1 Å². The summed E-state index contributed by atoms with van der Waals surface area (Å²) in [5.41, 5.74) is 1.70. The first kappa shape index (κ1) is 19.3. The van der Waals surface area contributed by atoms with Gasteiger partial charge in [0.25, 0.3) is 0 Å². The van der Waals surface area contributed by atoms with Crippen LogP contribution in [-0.2, 0) is 9.47 Å². The number of halogens is 1. The normalized spacial score (nSPS) is 10.0. The molecule has 0 saturated carbocycles. The Kier molecular flexibility index (Phi) is 6.24. The van der Waals surface area contributed by atoms with Crippen LogP contribution in [0.4, 0.5) is 15.8 Å². The summed E-state index contributed by atoms with van der Waals surface area (Å²) < 4.78 is 23.2. The molecule has 2 aromatic rings. The molecular formula is C18H17FN2O4S. The van der Waals surface area contributed by atoms with Gasteiger partial charge in [-0.15, -0.1) is 0 Å². The minimum Gasteiger partial charge on any atom is -0.465 e. The van der Waals surface area contributed by atoms with Crippen molar-refractivity contribution in [2.24, 2.45) is 0 Å². The molecule has 136 valence electrons. The summed E-state index contributed by atoms with van der Waals surface area (Å²) in [6.45, 7) is 1.82. The number of rotatable bonds is 4. The molecule has 26 heavy (non-hydrogen) atoms. The Labute approximate surface area is 155 Å². The van der Waals surface area contributed by atoms with Gasteiger partial charge in [-0.3, -0.25) is 0 Å². The Bertz CT molecular complexity index is 836. The van der Waals surface area contributed by atoms with Crippen molar-refractivity contribution in [1.29, 1.82) is 0 Å². The van der Waals surface area contributed by atoms with Crippen molar-refractivity contribution in [2.45, 2.75) is 6.92 Å². The zero-order valence-corrected chi connectivity index (χ0v) is 15.2. The van der Waals surface area contributed by atoms with E-state index in [-0.39, 0.29) is 21.9 Å². The van der Waals surface area contributed by atoms with Crippen LogP contribution in [0.25, 0.3) is 0 Å². The van der Waals surface area contributed by atoms with Gasteiger partial charge in [0.15, 0.2) is 5.11 Å². The lowest BCUT2D eigenvalue weighted by molar-refractivity contribution is 0.0599. The Morgan fingerprint density at radius 2 is 1.54 bits per heavy atom. The predicted molar refractivity (Wildman–Crippen MR) is 100 cm³/mol. The topological polar surface area (TPSA) is 76.7 Å². The van der Waals surface area contributed by atoms with E-state index in [4.69, 9.17) is 12.2 Å². The molecule has 0 aliphatic carbocycles. The summed E-state index contributed by atoms with van der Waals surface area (Å²) in [4.78, 5) is 23.6. The van der Waals surface area contributed by atoms with Crippen molar-refractivity contribution in [3.8, 4) is 0 Å². The van der Waals surface area contributed by atoms with Gasteiger partial charge < -0.3 is 20.1 Å². The summed E-state index contributed by atoms with van der Waals surface area (Å²) in [6, 6.07) is 8.83. The third kappa shape index (κ3) is 4.76. The van der Waals surface area contributed by atoms with E-state index < -0.39 is 17.8 Å². The largest absolute Gasteiger partial charge is 0.465 e. The standard InChI is InChI=1S/C18H17FN2O4S/c1-10-4-5-14(19)15(6-10)21-18(26)20-13-8-11(16(22)24-2)7-12(9-13)17(23)25-3/h4-9H,1-3H3,(H2,20,21,26). The summed E-state index contributed by atoms with van der Waals surface area (Å²) in [5.74, 6) is -1.71. The van der Waals surface area contributed by atoms with E-state index >= 15 is 0 Å². The maximum atomic E-state index is 13.8. The number of hydrogen-bond acceptors (Lipinski definition) is 5. The second-order valence-electron chi connectivity index (χ2n) is 5.34. The quantitative estimate of drug-likeness (QED) is 0.624. The fourth-order valence-electron chi connectivity index (χ4n) is 2.19. The Hall–Kier alpha value is -3.00. The molecule has 2 rings (SSSR count). The first-order valence-electron chi connectivity index (χ1n) is 7.50. The lowest BCUT2D eigenvalue weighted by Gasteiger charge is -2.13. The molecular weight excluding hydrogens is 359 g/mol. The minimum atomic E-state index is -0.623. The molecule has 0 fully saturated rings. The van der Waals surface area contributed by atoms with Crippen LogP contribution in [0.5, 0.6) is 0 Å². The van der Waals surface area contributed by atoms with E-state index in [2.05, 4.69) is 20.1 Å². The van der Waals surface area contributed by atoms with Crippen LogP contribution in [0.15, 0.2) is 36.4 Å². The van der Waals surface area contributed by atoms with Crippen LogP contribution in [0, 0.1) is 12.7 Å². The average Bonchev–Trinajstić information content (AvgIpc) is 2.62. The van der Waals surface area contributed by atoms with Gasteiger partial charge in [-0.1, -0.05) is 6.07 Å². The van der Waals surface area contributed by atoms with Crippen LogP contribution in [-0.4, -0.2) is 31.3 Å². The number of methoxy groups -OCH3 is 2. The first-order chi connectivity index (χ1) is 12.3. The van der Waals surface area contributed by atoms with Crippen LogP contribution in [0.1, 0.15) is 26.3 Å². The predicted octanol–water partition coefficient (Wildman–Crippen LogP) is 3.52. The van der Waals surface area contributed by atoms with Crippen LogP contribution >= 0.6 is 12.2 Å². The molecule has 0 spiro atoms. The molecule has 2 N–H and O–H groups in total. The number of esters is 2. The van der Waals surface area contributed by atoms with Crippen molar-refractivity contribution < 1.29 is 23.5 Å². The smallest absolute Gasteiger partial charge is 0.337 e. The maximum Gasteiger partial charge on any atom is 0.337 e. The van der Waals surface area contributed by atoms with Crippen molar-refractivity contribution in [1.82, 2.24) is 0 Å². The number of nitrogens with one attached hydrogen (secondary N) is 2. The molecule has 2 aromatic carbocycles. The molecule has 0 bridgehead atoms. The van der Waals surface area contributed by atoms with Gasteiger partial charge in [-0.2, -0.15) is 0 Å². The van der Waals surface area contributed by atoms with Crippen LogP contribution in [0.2, 0.25) is 0 Å². The highest BCUT2D eigenvalue weighted by atomic mass is 32.1. The van der Waals surface area contributed by atoms with Gasteiger partial charge in [0.05, 0.1) is 31.0 Å². The van der Waals surface area contributed by atoms with E-state index in [0.29, 0.717) is 5.69 Å². The van der Waals surface area contributed by atoms with E-state index in [1.807, 2.05) is 6.92 Å². The number of ether oxygens (including phenoxy) is 2. The number of aryl methyl sites for hydroxylation is 1. The van der Waals surface area contributed by atoms with Crippen molar-refractivity contribution in [3.63, 3.8) is 0 Å². The van der Waals surface area contributed by atoms with Gasteiger partial charge in [-0.05, 0) is 55.0 Å². The Morgan fingerprint density at radius 3 is 2.08 bits per heavy atom. The molecule has 0 aliphatic rings. The van der Waals surface area contributed by atoms with Gasteiger partial charge in [0.2, 0.25) is 0 Å². The van der Waals surface area contributed by atoms with E-state index in [9.17, 15) is 14.0 Å². The SMILES string of the molecule is COC(=O)c1cc(NC(=S)Nc2cc(C)ccc2F)cc(C(=O)OC)c1. The van der Waals surface area contributed by atoms with Crippen LogP contribution < -0.4 is 10.6 Å². The van der Waals surface area contributed by atoms with Crippen LogP contribution in [0.3, 0.4) is 0 Å². The summed E-state index contributed by atoms with van der Waals surface area (Å²) >= 11 is 5.17. The Balaban J connectivity index is 2.26. The molecule has 0 unspecified atom stereocenters. The monoisotopic (exact) mass is 376 g/mol.